The van der Waals surface area contributed by atoms with Gasteiger partial charge < -0.3 is 0 Å². The number of nitrogens with zero attached hydrogens (tertiary/aromatic N) is 1. The Morgan fingerprint density at radius 2 is 1.95 bits per heavy atom. The van der Waals surface area contributed by atoms with Crippen LogP contribution < -0.4 is 4.46 Å². The second-order valence-corrected chi connectivity index (χ2v) is 7.61. The number of rotatable bonds is 10. The zero-order chi connectivity index (χ0) is 15.7. The molecule has 0 aliphatic heterocycles. The van der Waals surface area contributed by atoms with Crippen LogP contribution in [-0.4, -0.2) is 54.0 Å². The molecule has 0 spiro atoms. The van der Waals surface area contributed by atoms with Crippen LogP contribution >= 0.6 is 0 Å². The maximum absolute atomic E-state index is 5.78. The second-order valence-electron chi connectivity index (χ2n) is 5.38. The van der Waals surface area contributed by atoms with E-state index in [-0.39, 0.29) is 6.29 Å². The van der Waals surface area contributed by atoms with E-state index in [4.69, 9.17) is 9.47 Å². The number of ether oxygens (including phenoxy) is 2. The summed E-state index contributed by atoms with van der Waals surface area (Å²) in [5.41, 5.74) is 1.42. The number of hydrogen-bond donors (Lipinski definition) is 0. The van der Waals surface area contributed by atoms with Crippen molar-refractivity contribution < 1.29 is 9.47 Å². The van der Waals surface area contributed by atoms with Crippen LogP contribution in [-0.2, 0) is 9.47 Å². The van der Waals surface area contributed by atoms with Crippen molar-refractivity contribution in [2.24, 2.45) is 0 Å². The molecule has 0 aromatic heterocycles. The van der Waals surface area contributed by atoms with Gasteiger partial charge in [-0.15, -0.1) is 0 Å². The van der Waals surface area contributed by atoms with Gasteiger partial charge in [-0.1, -0.05) is 0 Å². The molecule has 3 nitrogen and oxygen atoms in total. The molecular formula is C17H29NO2Se. The van der Waals surface area contributed by atoms with Gasteiger partial charge in [0, 0.05) is 0 Å². The summed E-state index contributed by atoms with van der Waals surface area (Å²) in [6.45, 7) is 5.22. The molecule has 0 aliphatic rings. The minimum atomic E-state index is -0.0701. The first-order valence-corrected chi connectivity index (χ1v) is 9.69. The fraction of sp³-hybridized carbons (Fsp3) is 0.647. The molecule has 0 fully saturated rings. The van der Waals surface area contributed by atoms with Gasteiger partial charge in [0.1, 0.15) is 0 Å². The first-order chi connectivity index (χ1) is 10.1. The molecule has 120 valence electrons. The average Bonchev–Trinajstić information content (AvgIpc) is 2.50. The van der Waals surface area contributed by atoms with Gasteiger partial charge in [0.15, 0.2) is 0 Å². The van der Waals surface area contributed by atoms with Gasteiger partial charge in [-0.3, -0.25) is 0 Å². The second kappa shape index (κ2) is 10.4. The quantitative estimate of drug-likeness (QED) is 0.365. The molecular weight excluding hydrogens is 329 g/mol. The van der Waals surface area contributed by atoms with Crippen LogP contribution in [0.15, 0.2) is 24.3 Å². The van der Waals surface area contributed by atoms with E-state index >= 15 is 0 Å². The molecule has 0 N–H and O–H groups in total. The predicted octanol–water partition coefficient (Wildman–Crippen LogP) is 2.85. The summed E-state index contributed by atoms with van der Waals surface area (Å²) in [5, 5.41) is 0.963. The monoisotopic (exact) mass is 359 g/mol. The summed E-state index contributed by atoms with van der Waals surface area (Å²) >= 11 is 0.369. The molecule has 4 heteroatoms. The molecule has 0 saturated heterocycles. The summed E-state index contributed by atoms with van der Waals surface area (Å²) in [5.74, 6) is 0. The first kappa shape index (κ1) is 18.7. The molecule has 1 aromatic rings. The molecule has 1 aromatic carbocycles. The molecule has 0 aliphatic carbocycles. The van der Waals surface area contributed by atoms with Crippen LogP contribution in [0.1, 0.15) is 38.3 Å². The molecule has 0 unspecified atom stereocenters. The maximum atomic E-state index is 5.78. The van der Waals surface area contributed by atoms with E-state index in [9.17, 15) is 0 Å². The Hall–Kier alpha value is -0.381. The van der Waals surface area contributed by atoms with Gasteiger partial charge in [-0.05, 0) is 0 Å². The average molecular weight is 358 g/mol. The number of hydrogen-bond acceptors (Lipinski definition) is 3. The van der Waals surface area contributed by atoms with Crippen molar-refractivity contribution in [3.8, 4) is 0 Å². The molecule has 1 rings (SSSR count). The third kappa shape index (κ3) is 6.50. The molecule has 0 amide bonds. The summed E-state index contributed by atoms with van der Waals surface area (Å²) in [6.07, 6.45) is 2.19. The van der Waals surface area contributed by atoms with E-state index in [1.54, 1.807) is 7.11 Å². The molecule has 2 atom stereocenters. The minimum absolute atomic E-state index is 0.0701. The topological polar surface area (TPSA) is 21.7 Å². The first-order valence-electron chi connectivity index (χ1n) is 7.62. The fourth-order valence-electron chi connectivity index (χ4n) is 1.94. The van der Waals surface area contributed by atoms with E-state index < -0.39 is 0 Å². The van der Waals surface area contributed by atoms with Crippen molar-refractivity contribution in [1.82, 2.24) is 4.90 Å². The van der Waals surface area contributed by atoms with E-state index in [1.165, 1.54) is 10.0 Å². The zero-order valence-corrected chi connectivity index (χ0v) is 15.7. The van der Waals surface area contributed by atoms with Gasteiger partial charge in [0.2, 0.25) is 0 Å². The summed E-state index contributed by atoms with van der Waals surface area (Å²) in [7, 11) is 5.99. The number of unbranched alkanes of at least 4 members (excludes halogenated alkanes) is 1. The molecule has 0 bridgehead atoms. The normalized spacial score (nSPS) is 14.4. The van der Waals surface area contributed by atoms with E-state index in [0.717, 1.165) is 24.8 Å². The van der Waals surface area contributed by atoms with Gasteiger partial charge >= 0.3 is 136 Å². The van der Waals surface area contributed by atoms with Crippen LogP contribution in [0.3, 0.4) is 0 Å². The van der Waals surface area contributed by atoms with Crippen molar-refractivity contribution in [2.45, 2.75) is 44.3 Å². The zero-order valence-electron chi connectivity index (χ0n) is 14.0. The molecule has 21 heavy (non-hydrogen) atoms. The van der Waals surface area contributed by atoms with Crippen molar-refractivity contribution in [1.29, 1.82) is 0 Å². The Labute approximate surface area is 136 Å². The van der Waals surface area contributed by atoms with Crippen LogP contribution in [0, 0.1) is 0 Å². The Morgan fingerprint density at radius 3 is 2.57 bits per heavy atom. The van der Waals surface area contributed by atoms with E-state index in [0.29, 0.717) is 21.0 Å². The molecule has 0 saturated carbocycles. The predicted molar refractivity (Wildman–Crippen MR) is 90.4 cm³/mol. The standard InChI is InChI=1S/C17H29NO2Se/c1-6-7-12-20-17(19-5)13-21-16-11-9-8-10-15(16)14(2)18(3)4/h8-11,14,17H,6-7,12-13H2,1-5H3/t14-,17-/m1/s1. The number of benzene rings is 1. The third-order valence-corrected chi connectivity index (χ3v) is 5.94. The van der Waals surface area contributed by atoms with Crippen molar-refractivity contribution in [3.05, 3.63) is 29.8 Å². The van der Waals surface area contributed by atoms with Crippen molar-refractivity contribution >= 4 is 19.4 Å². The van der Waals surface area contributed by atoms with E-state index in [2.05, 4.69) is 57.1 Å². The Bertz CT molecular complexity index is 398. The Kier molecular flexibility index (Phi) is 9.21. The van der Waals surface area contributed by atoms with Crippen molar-refractivity contribution in [3.63, 3.8) is 0 Å². The van der Waals surface area contributed by atoms with Crippen molar-refractivity contribution in [2.75, 3.05) is 27.8 Å². The van der Waals surface area contributed by atoms with Crippen LogP contribution in [0.2, 0.25) is 5.32 Å². The summed E-state index contributed by atoms with van der Waals surface area (Å²) < 4.78 is 12.7. The van der Waals surface area contributed by atoms with Gasteiger partial charge in [-0.25, -0.2) is 0 Å². The van der Waals surface area contributed by atoms with Crippen LogP contribution in [0.5, 0.6) is 0 Å². The van der Waals surface area contributed by atoms with Gasteiger partial charge in [-0.2, -0.15) is 0 Å². The molecule has 0 heterocycles. The van der Waals surface area contributed by atoms with Gasteiger partial charge in [0.25, 0.3) is 0 Å². The Morgan fingerprint density at radius 1 is 1.24 bits per heavy atom. The summed E-state index contributed by atoms with van der Waals surface area (Å²) in [6, 6.07) is 9.17. The molecule has 0 radical (unpaired) electrons. The van der Waals surface area contributed by atoms with Crippen LogP contribution in [0.4, 0.5) is 0 Å². The van der Waals surface area contributed by atoms with Gasteiger partial charge in [0.05, 0.1) is 0 Å². The SMILES string of the molecule is CCCCO[C@H](C[Se]c1ccccc1[C@@H](C)N(C)C)OC. The summed E-state index contributed by atoms with van der Waals surface area (Å²) in [4.78, 5) is 2.25. The third-order valence-electron chi connectivity index (χ3n) is 3.58. The Balaban J connectivity index is 2.61. The van der Waals surface area contributed by atoms with Crippen LogP contribution in [0.25, 0.3) is 0 Å². The fourth-order valence-corrected chi connectivity index (χ4v) is 4.30. The van der Waals surface area contributed by atoms with E-state index in [1.807, 2.05) is 0 Å². The number of methoxy groups -OCH3 is 1.